The molecule has 0 aromatic carbocycles. The lowest BCUT2D eigenvalue weighted by molar-refractivity contribution is 0.586. The van der Waals surface area contributed by atoms with E-state index >= 15 is 0 Å². The first-order chi connectivity index (χ1) is 8.01. The Bertz CT molecular complexity index is 449. The zero-order valence-corrected chi connectivity index (χ0v) is 10.3. The second-order valence-electron chi connectivity index (χ2n) is 3.38. The van der Waals surface area contributed by atoms with Crippen molar-refractivity contribution in [1.29, 1.82) is 0 Å². The number of nitrogen functional groups attached to an aromatic ring is 1. The Morgan fingerprint density at radius 1 is 1.29 bits per heavy atom. The molecule has 0 fully saturated rings. The number of hydrogen-bond acceptors (Lipinski definition) is 7. The van der Waals surface area contributed by atoms with Crippen molar-refractivity contribution in [3.8, 4) is 0 Å². The van der Waals surface area contributed by atoms with Crippen molar-refractivity contribution in [2.45, 2.75) is 6.42 Å². The topological polar surface area (TPSA) is 122 Å². The summed E-state index contributed by atoms with van der Waals surface area (Å²) in [5, 5.41) is 3.00. The standard InChI is InChI=1S/C8H16N6O2S/c1-17(15,16)12-4-2-3-11-7-5-10-6-8(13-7)14-9/h5-6,12H,2-4,9H2,1H3,(H2,11,13,14). The van der Waals surface area contributed by atoms with E-state index in [1.807, 2.05) is 0 Å². The Balaban J connectivity index is 2.26. The van der Waals surface area contributed by atoms with Gasteiger partial charge in [0.25, 0.3) is 0 Å². The molecule has 96 valence electrons. The molecule has 0 saturated carbocycles. The van der Waals surface area contributed by atoms with Crippen molar-refractivity contribution in [2.75, 3.05) is 30.1 Å². The number of anilines is 2. The van der Waals surface area contributed by atoms with Gasteiger partial charge in [0.2, 0.25) is 10.0 Å². The maximum atomic E-state index is 10.8. The highest BCUT2D eigenvalue weighted by atomic mass is 32.2. The van der Waals surface area contributed by atoms with Crippen molar-refractivity contribution < 1.29 is 8.42 Å². The predicted octanol–water partition coefficient (Wildman–Crippen LogP) is -0.887. The highest BCUT2D eigenvalue weighted by molar-refractivity contribution is 7.88. The molecule has 9 heteroatoms. The maximum absolute atomic E-state index is 10.8. The Morgan fingerprint density at radius 2 is 2.00 bits per heavy atom. The highest BCUT2D eigenvalue weighted by Gasteiger charge is 1.99. The smallest absolute Gasteiger partial charge is 0.208 e. The first-order valence-electron chi connectivity index (χ1n) is 4.98. The van der Waals surface area contributed by atoms with Crippen molar-refractivity contribution >= 4 is 21.7 Å². The van der Waals surface area contributed by atoms with Crippen LogP contribution in [0.3, 0.4) is 0 Å². The molecule has 1 rings (SSSR count). The molecular formula is C8H16N6O2S. The van der Waals surface area contributed by atoms with Crippen molar-refractivity contribution in [3.05, 3.63) is 12.4 Å². The zero-order chi connectivity index (χ0) is 12.7. The summed E-state index contributed by atoms with van der Waals surface area (Å²) in [5.74, 6) is 6.23. The summed E-state index contributed by atoms with van der Waals surface area (Å²) >= 11 is 0. The fraction of sp³-hybridized carbons (Fsp3) is 0.500. The Labute approximate surface area is 100 Å². The highest BCUT2D eigenvalue weighted by Crippen LogP contribution is 2.04. The quantitative estimate of drug-likeness (QED) is 0.285. The summed E-state index contributed by atoms with van der Waals surface area (Å²) in [6.45, 7) is 0.972. The number of sulfonamides is 1. The molecule has 0 bridgehead atoms. The van der Waals surface area contributed by atoms with Gasteiger partial charge in [0.1, 0.15) is 5.82 Å². The molecular weight excluding hydrogens is 244 g/mol. The minimum absolute atomic E-state index is 0.383. The summed E-state index contributed by atoms with van der Waals surface area (Å²) in [6.07, 6.45) is 4.83. The molecule has 1 aromatic rings. The lowest BCUT2D eigenvalue weighted by atomic mass is 10.4. The normalized spacial score (nSPS) is 11.2. The number of aromatic nitrogens is 2. The summed E-state index contributed by atoms with van der Waals surface area (Å²) < 4.78 is 23.9. The molecule has 0 aliphatic carbocycles. The number of nitrogens with zero attached hydrogens (tertiary/aromatic N) is 2. The van der Waals surface area contributed by atoms with Crippen molar-refractivity contribution in [3.63, 3.8) is 0 Å². The van der Waals surface area contributed by atoms with Gasteiger partial charge in [-0.05, 0) is 6.42 Å². The lowest BCUT2D eigenvalue weighted by Gasteiger charge is -2.06. The maximum Gasteiger partial charge on any atom is 0.208 e. The first-order valence-corrected chi connectivity index (χ1v) is 6.87. The van der Waals surface area contributed by atoms with E-state index in [2.05, 4.69) is 25.4 Å². The molecule has 17 heavy (non-hydrogen) atoms. The van der Waals surface area contributed by atoms with Crippen LogP contribution in [0.2, 0.25) is 0 Å². The van der Waals surface area contributed by atoms with Gasteiger partial charge in [-0.25, -0.2) is 24.0 Å². The molecule has 1 aromatic heterocycles. The minimum Gasteiger partial charge on any atom is -0.369 e. The van der Waals surface area contributed by atoms with Gasteiger partial charge in [0.15, 0.2) is 5.82 Å². The van der Waals surface area contributed by atoms with E-state index in [1.54, 1.807) is 6.20 Å². The fourth-order valence-corrected chi connectivity index (χ4v) is 1.60. The molecule has 0 aliphatic heterocycles. The average molecular weight is 260 g/mol. The Kier molecular flexibility index (Phi) is 5.07. The largest absolute Gasteiger partial charge is 0.369 e. The zero-order valence-electron chi connectivity index (χ0n) is 9.47. The van der Waals surface area contributed by atoms with Gasteiger partial charge < -0.3 is 10.7 Å². The van der Waals surface area contributed by atoms with Crippen LogP contribution in [0, 0.1) is 0 Å². The molecule has 8 nitrogen and oxygen atoms in total. The molecule has 0 amide bonds. The molecule has 0 atom stereocenters. The van der Waals surface area contributed by atoms with Gasteiger partial charge >= 0.3 is 0 Å². The number of hydrogen-bond donors (Lipinski definition) is 4. The molecule has 0 aliphatic rings. The van der Waals surface area contributed by atoms with Crippen LogP contribution in [0.15, 0.2) is 12.4 Å². The second kappa shape index (κ2) is 6.33. The van der Waals surface area contributed by atoms with Gasteiger partial charge in [0.05, 0.1) is 18.6 Å². The number of nitrogens with one attached hydrogen (secondary N) is 3. The molecule has 0 radical (unpaired) electrons. The number of hydrazine groups is 1. The Morgan fingerprint density at radius 3 is 2.65 bits per heavy atom. The van der Waals surface area contributed by atoms with E-state index in [1.165, 1.54) is 6.20 Å². The Hall–Kier alpha value is -1.45. The van der Waals surface area contributed by atoms with E-state index < -0.39 is 10.0 Å². The third-order valence-corrected chi connectivity index (χ3v) is 2.53. The summed E-state index contributed by atoms with van der Waals surface area (Å²) in [6, 6.07) is 0. The van der Waals surface area contributed by atoms with Crippen LogP contribution in [-0.4, -0.2) is 37.7 Å². The van der Waals surface area contributed by atoms with Gasteiger partial charge in [-0.15, -0.1) is 0 Å². The van der Waals surface area contributed by atoms with Gasteiger partial charge in [0, 0.05) is 13.1 Å². The van der Waals surface area contributed by atoms with Crippen LogP contribution in [0.1, 0.15) is 6.42 Å². The average Bonchev–Trinajstić information content (AvgIpc) is 2.27. The van der Waals surface area contributed by atoms with Crippen LogP contribution in [0.4, 0.5) is 11.6 Å². The third kappa shape index (κ3) is 6.00. The van der Waals surface area contributed by atoms with Crippen LogP contribution in [-0.2, 0) is 10.0 Å². The lowest BCUT2D eigenvalue weighted by Crippen LogP contribution is -2.24. The van der Waals surface area contributed by atoms with E-state index in [0.29, 0.717) is 31.1 Å². The molecule has 1 heterocycles. The number of nitrogens with two attached hydrogens (primary N) is 1. The minimum atomic E-state index is -3.11. The molecule has 0 unspecified atom stereocenters. The van der Waals surface area contributed by atoms with Crippen molar-refractivity contribution in [1.82, 2.24) is 14.7 Å². The summed E-state index contributed by atoms with van der Waals surface area (Å²) in [4.78, 5) is 8.00. The van der Waals surface area contributed by atoms with E-state index in [4.69, 9.17) is 5.84 Å². The number of rotatable bonds is 7. The van der Waals surface area contributed by atoms with E-state index in [0.717, 1.165) is 6.26 Å². The van der Waals surface area contributed by atoms with Gasteiger partial charge in [-0.3, -0.25) is 4.98 Å². The summed E-state index contributed by atoms with van der Waals surface area (Å²) in [5.41, 5.74) is 2.38. The van der Waals surface area contributed by atoms with Gasteiger partial charge in [-0.1, -0.05) is 0 Å². The van der Waals surface area contributed by atoms with Crippen LogP contribution in [0.25, 0.3) is 0 Å². The van der Waals surface area contributed by atoms with Crippen LogP contribution < -0.4 is 21.3 Å². The first kappa shape index (κ1) is 13.6. The summed E-state index contributed by atoms with van der Waals surface area (Å²) in [7, 11) is -3.11. The van der Waals surface area contributed by atoms with Crippen LogP contribution in [0.5, 0.6) is 0 Å². The predicted molar refractivity (Wildman–Crippen MR) is 65.8 cm³/mol. The van der Waals surface area contributed by atoms with Crippen LogP contribution >= 0.6 is 0 Å². The second-order valence-corrected chi connectivity index (χ2v) is 5.21. The van der Waals surface area contributed by atoms with E-state index in [9.17, 15) is 8.42 Å². The monoisotopic (exact) mass is 260 g/mol. The SMILES string of the molecule is CS(=O)(=O)NCCCNc1cncc(NN)n1. The third-order valence-electron chi connectivity index (χ3n) is 1.81. The molecule has 0 spiro atoms. The van der Waals surface area contributed by atoms with E-state index in [-0.39, 0.29) is 0 Å². The fourth-order valence-electron chi connectivity index (χ4n) is 1.08. The van der Waals surface area contributed by atoms with Gasteiger partial charge in [-0.2, -0.15) is 0 Å². The molecule has 5 N–H and O–H groups in total. The van der Waals surface area contributed by atoms with Crippen molar-refractivity contribution in [2.24, 2.45) is 5.84 Å². The molecule has 0 saturated heterocycles.